The number of carboxylic acid groups (broad SMARTS) is 1. The fraction of sp³-hybridized carbons (Fsp3) is 0.707. The third-order valence-electron chi connectivity index (χ3n) is 18.1. The topological polar surface area (TPSA) is 111 Å². The number of esters is 2. The van der Waals surface area contributed by atoms with E-state index in [1.54, 1.807) is 0 Å². The van der Waals surface area contributed by atoms with E-state index in [-0.39, 0.29) is 32.2 Å². The molecule has 2 unspecified atom stereocenters. The van der Waals surface area contributed by atoms with E-state index in [0.29, 0.717) is 23.9 Å². The molecule has 0 spiro atoms. The van der Waals surface area contributed by atoms with Gasteiger partial charge in [-0.15, -0.1) is 0 Å². The number of ether oxygens (including phenoxy) is 4. The molecule has 0 aromatic heterocycles. The summed E-state index contributed by atoms with van der Waals surface area (Å²) in [4.78, 5) is 37.7. The van der Waals surface area contributed by atoms with Crippen LogP contribution in [0.1, 0.15) is 361 Å². The molecule has 0 aliphatic carbocycles. The molecule has 0 saturated carbocycles. The van der Waals surface area contributed by atoms with E-state index < -0.39 is 24.3 Å². The summed E-state index contributed by atoms with van der Waals surface area (Å²) in [6.45, 7) is 4.56. The first-order valence-electron chi connectivity index (χ1n) is 42.0. The van der Waals surface area contributed by atoms with Gasteiger partial charge in [0.25, 0.3) is 0 Å². The van der Waals surface area contributed by atoms with Gasteiger partial charge >= 0.3 is 11.9 Å². The fourth-order valence-electron chi connectivity index (χ4n) is 11.8. The van der Waals surface area contributed by atoms with Gasteiger partial charge in [-0.2, -0.15) is 0 Å². The highest BCUT2D eigenvalue weighted by Gasteiger charge is 2.22. The molecule has 578 valence electrons. The van der Waals surface area contributed by atoms with Gasteiger partial charge in [-0.1, -0.05) is 378 Å². The van der Waals surface area contributed by atoms with Crippen molar-refractivity contribution in [3.63, 3.8) is 0 Å². The van der Waals surface area contributed by atoms with Crippen molar-refractivity contribution in [3.8, 4) is 0 Å². The Bertz CT molecular complexity index is 2180. The predicted molar refractivity (Wildman–Crippen MR) is 435 cm³/mol. The molecule has 0 N–H and O–H groups in total. The van der Waals surface area contributed by atoms with Crippen LogP contribution in [-0.4, -0.2) is 82.3 Å². The minimum atomic E-state index is -1.63. The van der Waals surface area contributed by atoms with Crippen molar-refractivity contribution >= 4 is 17.9 Å². The highest BCUT2D eigenvalue weighted by Crippen LogP contribution is 2.19. The number of carbonyl (C=O) groups excluding carboxylic acids is 3. The van der Waals surface area contributed by atoms with E-state index >= 15 is 0 Å². The molecule has 0 amide bonds. The summed E-state index contributed by atoms with van der Waals surface area (Å²) in [5.41, 5.74) is 0. The molecule has 0 rings (SSSR count). The fourth-order valence-corrected chi connectivity index (χ4v) is 11.8. The van der Waals surface area contributed by atoms with Crippen molar-refractivity contribution < 1.29 is 42.9 Å². The second kappa shape index (κ2) is 80.8. The minimum absolute atomic E-state index is 0.145. The molecule has 9 heteroatoms. The van der Waals surface area contributed by atoms with E-state index in [2.05, 4.69) is 160 Å². The SMILES string of the molecule is CC/C=C\C/C=C\C/C=C\C/C=C\C/C=C\C/C=C\CCCCCCCCCCCCCCCCCCCCCCC(=O)OC(COC(=O)CCCCCCCCCCCCCCCCCCCC/C=C\C/C=C\C/C=C\C/C=C\C/C=C\C/C=C\CC)COC(OCC[N+](C)(C)C)C(=O)[O-]. The van der Waals surface area contributed by atoms with Crippen molar-refractivity contribution in [2.75, 3.05) is 47.5 Å². The molecule has 0 aromatic carbocycles. The largest absolute Gasteiger partial charge is 0.545 e. The second-order valence-electron chi connectivity index (χ2n) is 29.0. The summed E-state index contributed by atoms with van der Waals surface area (Å²) in [5.74, 6) is -2.27. The summed E-state index contributed by atoms with van der Waals surface area (Å²) in [6.07, 6.45) is 115. The molecule has 101 heavy (non-hydrogen) atoms. The van der Waals surface area contributed by atoms with Gasteiger partial charge in [0.1, 0.15) is 13.2 Å². The molecular formula is C92H157NO8. The zero-order chi connectivity index (χ0) is 73.2. The van der Waals surface area contributed by atoms with Crippen molar-refractivity contribution in [3.05, 3.63) is 146 Å². The van der Waals surface area contributed by atoms with Crippen LogP contribution in [0.25, 0.3) is 0 Å². The van der Waals surface area contributed by atoms with Gasteiger partial charge in [0.2, 0.25) is 0 Å². The van der Waals surface area contributed by atoms with E-state index in [0.717, 1.165) is 109 Å². The smallest absolute Gasteiger partial charge is 0.306 e. The van der Waals surface area contributed by atoms with Crippen LogP contribution in [0.5, 0.6) is 0 Å². The minimum Gasteiger partial charge on any atom is -0.545 e. The van der Waals surface area contributed by atoms with Crippen LogP contribution >= 0.6 is 0 Å². The van der Waals surface area contributed by atoms with Gasteiger partial charge in [-0.05, 0) is 116 Å². The predicted octanol–water partition coefficient (Wildman–Crippen LogP) is 26.0. The first kappa shape index (κ1) is 96.2. The number of nitrogens with zero attached hydrogens (tertiary/aromatic N) is 1. The van der Waals surface area contributed by atoms with Crippen LogP contribution in [0.3, 0.4) is 0 Å². The van der Waals surface area contributed by atoms with Crippen LogP contribution < -0.4 is 5.11 Å². The molecule has 0 fully saturated rings. The Balaban J connectivity index is 3.99. The van der Waals surface area contributed by atoms with Gasteiger partial charge in [-0.3, -0.25) is 9.59 Å². The molecular weight excluding hydrogens is 1250 g/mol. The van der Waals surface area contributed by atoms with Gasteiger partial charge in [0, 0.05) is 12.8 Å². The standard InChI is InChI=1S/C92H157NO8/c1-6-8-10-12-14-16-18-20-22-24-26-28-30-32-34-36-38-40-42-44-45-47-49-51-53-55-57-59-61-63-65-67-69-71-73-75-77-79-81-83-90(95)101-88(87-100-92(91(96)97)98-85-84-93(3,4)5)86-99-89(94)82-80-78-76-74-72-70-68-66-64-62-60-58-56-54-52-50-48-46-43-41-39-37-35-33-31-29-27-25-23-21-19-17-15-13-11-9-7-2/h8-11,14-17,20-23,26-29,32-35,38-41,88,92H,6-7,12-13,18-19,24-25,30-31,36-37,42-87H2,1-5H3/b10-8-,11-9-,16-14-,17-15-,22-20-,23-21-,28-26-,29-27-,34-32-,35-33-,40-38-,41-39-. The maximum Gasteiger partial charge on any atom is 0.306 e. The number of quaternary nitrogens is 1. The zero-order valence-electron chi connectivity index (χ0n) is 66.2. The average molecular weight is 1410 g/mol. The van der Waals surface area contributed by atoms with Crippen molar-refractivity contribution in [2.24, 2.45) is 0 Å². The Morgan fingerprint density at radius 1 is 0.297 bits per heavy atom. The first-order valence-corrected chi connectivity index (χ1v) is 42.0. The van der Waals surface area contributed by atoms with Crippen molar-refractivity contribution in [1.82, 2.24) is 0 Å². The van der Waals surface area contributed by atoms with Crippen LogP contribution in [0, 0.1) is 0 Å². The highest BCUT2D eigenvalue weighted by atomic mass is 16.7. The normalized spacial score (nSPS) is 13.4. The monoisotopic (exact) mass is 1400 g/mol. The lowest BCUT2D eigenvalue weighted by atomic mass is 10.0. The van der Waals surface area contributed by atoms with Gasteiger partial charge in [0.15, 0.2) is 12.4 Å². The Morgan fingerprint density at radius 3 is 0.792 bits per heavy atom. The number of aliphatic carboxylic acids is 1. The Morgan fingerprint density at radius 2 is 0.535 bits per heavy atom. The first-order chi connectivity index (χ1) is 49.6. The number of allylic oxidation sites excluding steroid dienone is 24. The molecule has 9 nitrogen and oxygen atoms in total. The van der Waals surface area contributed by atoms with Gasteiger partial charge < -0.3 is 33.3 Å². The maximum atomic E-state index is 13.0. The molecule has 0 saturated heterocycles. The molecule has 0 heterocycles. The number of carbonyl (C=O) groups is 3. The number of carboxylic acids is 1. The lowest BCUT2D eigenvalue weighted by Crippen LogP contribution is -2.44. The van der Waals surface area contributed by atoms with Crippen LogP contribution in [0.4, 0.5) is 0 Å². The van der Waals surface area contributed by atoms with Gasteiger partial charge in [0.05, 0.1) is 40.3 Å². The van der Waals surface area contributed by atoms with Crippen LogP contribution in [0.2, 0.25) is 0 Å². The van der Waals surface area contributed by atoms with E-state index in [1.807, 2.05) is 21.1 Å². The molecule has 0 aromatic rings. The number of rotatable bonds is 77. The Hall–Kier alpha value is -4.83. The average Bonchev–Trinajstić information content (AvgIpc) is 1.21. The lowest BCUT2D eigenvalue weighted by molar-refractivity contribution is -0.870. The third kappa shape index (κ3) is 82.3. The highest BCUT2D eigenvalue weighted by molar-refractivity contribution is 5.70. The summed E-state index contributed by atoms with van der Waals surface area (Å²) < 4.78 is 22.9. The third-order valence-corrected chi connectivity index (χ3v) is 18.1. The summed E-state index contributed by atoms with van der Waals surface area (Å²) in [7, 11) is 5.94. The summed E-state index contributed by atoms with van der Waals surface area (Å²) in [6, 6.07) is 0. The Kier molecular flexibility index (Phi) is 77.0. The second-order valence-corrected chi connectivity index (χ2v) is 29.0. The number of likely N-dealkylation sites (N-methyl/N-ethyl adjacent to an activating group) is 1. The number of hydrogen-bond acceptors (Lipinski definition) is 8. The van der Waals surface area contributed by atoms with E-state index in [4.69, 9.17) is 18.9 Å². The molecule has 0 bridgehead atoms. The summed E-state index contributed by atoms with van der Waals surface area (Å²) in [5, 5.41) is 11.9. The van der Waals surface area contributed by atoms with Crippen LogP contribution in [-0.2, 0) is 33.3 Å². The number of unbranched alkanes of at least 4 members (excludes halogenated alkanes) is 38. The van der Waals surface area contributed by atoms with Gasteiger partial charge in [-0.25, -0.2) is 0 Å². The quantitative estimate of drug-likeness (QED) is 0.0195. The Labute approximate surface area is 623 Å². The lowest BCUT2D eigenvalue weighted by Gasteiger charge is -2.26. The van der Waals surface area contributed by atoms with Crippen molar-refractivity contribution in [1.29, 1.82) is 0 Å². The zero-order valence-corrected chi connectivity index (χ0v) is 66.2. The molecule has 0 aliphatic rings. The molecule has 0 aliphatic heterocycles. The van der Waals surface area contributed by atoms with Crippen LogP contribution in [0.15, 0.2) is 146 Å². The summed E-state index contributed by atoms with van der Waals surface area (Å²) >= 11 is 0. The molecule has 2 atom stereocenters. The van der Waals surface area contributed by atoms with E-state index in [9.17, 15) is 19.5 Å². The maximum absolute atomic E-state index is 13.0. The van der Waals surface area contributed by atoms with E-state index in [1.165, 1.54) is 218 Å². The van der Waals surface area contributed by atoms with Crippen molar-refractivity contribution in [2.45, 2.75) is 373 Å². The molecule has 0 radical (unpaired) electrons. The number of hydrogen-bond donors (Lipinski definition) is 0.